The molecule has 0 radical (unpaired) electrons. The maximum absolute atomic E-state index is 13.8. The van der Waals surface area contributed by atoms with E-state index in [1.807, 2.05) is 46.8 Å². The van der Waals surface area contributed by atoms with Gasteiger partial charge < -0.3 is 9.47 Å². The summed E-state index contributed by atoms with van der Waals surface area (Å²) in [6.45, 7) is 14.3. The highest BCUT2D eigenvalue weighted by molar-refractivity contribution is 5.97. The van der Waals surface area contributed by atoms with Gasteiger partial charge in [-0.2, -0.15) is 13.2 Å². The number of carbonyl (C=O) groups excluding carboxylic acids is 1. The number of aromatic nitrogens is 2. The maximum Gasteiger partial charge on any atom is 0.416 e. The molecule has 0 aliphatic rings. The van der Waals surface area contributed by atoms with Gasteiger partial charge >= 0.3 is 6.18 Å². The van der Waals surface area contributed by atoms with Crippen molar-refractivity contribution in [3.8, 4) is 0 Å². The van der Waals surface area contributed by atoms with Gasteiger partial charge in [0.15, 0.2) is 0 Å². The normalized spacial score (nSPS) is 12.2. The number of benzene rings is 2. The van der Waals surface area contributed by atoms with E-state index in [0.717, 1.165) is 54.5 Å². The van der Waals surface area contributed by atoms with E-state index in [4.69, 9.17) is 4.98 Å². The Balaban J connectivity index is 2.15. The van der Waals surface area contributed by atoms with Crippen molar-refractivity contribution in [2.75, 3.05) is 0 Å². The van der Waals surface area contributed by atoms with Crippen LogP contribution in [0.3, 0.4) is 0 Å². The molecule has 1 amide bonds. The van der Waals surface area contributed by atoms with Gasteiger partial charge in [0.25, 0.3) is 5.91 Å². The summed E-state index contributed by atoms with van der Waals surface area (Å²) in [6, 6.07) is 7.78. The molecule has 0 aliphatic carbocycles. The van der Waals surface area contributed by atoms with Crippen molar-refractivity contribution in [2.45, 2.75) is 99.0 Å². The fourth-order valence-electron chi connectivity index (χ4n) is 5.22. The molecule has 4 nitrogen and oxygen atoms in total. The predicted octanol–water partition coefficient (Wildman–Crippen LogP) is 8.17. The van der Waals surface area contributed by atoms with Crippen molar-refractivity contribution in [3.05, 3.63) is 64.0 Å². The lowest BCUT2D eigenvalue weighted by atomic mass is 9.98. The van der Waals surface area contributed by atoms with Crippen molar-refractivity contribution in [1.82, 2.24) is 14.5 Å². The zero-order valence-corrected chi connectivity index (χ0v) is 22.5. The van der Waals surface area contributed by atoms with E-state index in [0.29, 0.717) is 22.4 Å². The number of alkyl halides is 3. The number of carbonyl (C=O) groups is 1. The lowest BCUT2D eigenvalue weighted by Gasteiger charge is -2.30. The number of amides is 1. The van der Waals surface area contributed by atoms with Crippen molar-refractivity contribution < 1.29 is 18.0 Å². The van der Waals surface area contributed by atoms with E-state index in [-0.39, 0.29) is 24.5 Å². The standard InChI is InChI=1S/C29H38F3N3O/c1-8-10-23(11-9-2)35-25-13-12-22(29(30,31)32)16-24(25)33-26(35)17-34(18(3)4)28(36)27-20(6)14-19(5)15-21(27)7/h12-16,18,23H,8-11,17H2,1-7H3. The van der Waals surface area contributed by atoms with Gasteiger partial charge in [-0.3, -0.25) is 4.79 Å². The lowest BCUT2D eigenvalue weighted by molar-refractivity contribution is -0.137. The Morgan fingerprint density at radius 1 is 1.00 bits per heavy atom. The smallest absolute Gasteiger partial charge is 0.329 e. The van der Waals surface area contributed by atoms with Crippen LogP contribution in [-0.4, -0.2) is 26.4 Å². The van der Waals surface area contributed by atoms with Crippen LogP contribution in [-0.2, 0) is 12.7 Å². The molecule has 0 atom stereocenters. The number of imidazole rings is 1. The average molecular weight is 502 g/mol. The molecule has 0 fully saturated rings. The van der Waals surface area contributed by atoms with Crippen molar-refractivity contribution >= 4 is 16.9 Å². The summed E-state index contributed by atoms with van der Waals surface area (Å²) >= 11 is 0. The number of halogens is 3. The summed E-state index contributed by atoms with van der Waals surface area (Å²) in [6.07, 6.45) is -0.777. The first-order valence-corrected chi connectivity index (χ1v) is 12.9. The van der Waals surface area contributed by atoms with E-state index < -0.39 is 11.7 Å². The Bertz CT molecular complexity index is 1200. The molecular weight excluding hydrogens is 463 g/mol. The monoisotopic (exact) mass is 501 g/mol. The molecule has 2 aromatic carbocycles. The lowest BCUT2D eigenvalue weighted by Crippen LogP contribution is -2.38. The topological polar surface area (TPSA) is 38.1 Å². The molecule has 3 rings (SSSR count). The minimum Gasteiger partial charge on any atom is -0.329 e. The van der Waals surface area contributed by atoms with Crippen molar-refractivity contribution in [2.24, 2.45) is 0 Å². The third kappa shape index (κ3) is 5.76. The van der Waals surface area contributed by atoms with E-state index in [1.165, 1.54) is 6.07 Å². The summed E-state index contributed by atoms with van der Waals surface area (Å²) in [7, 11) is 0. The first-order valence-electron chi connectivity index (χ1n) is 12.9. The molecule has 0 saturated heterocycles. The van der Waals surface area contributed by atoms with Gasteiger partial charge in [-0.25, -0.2) is 4.98 Å². The second kappa shape index (κ2) is 11.1. The van der Waals surface area contributed by atoms with Crippen LogP contribution in [0.2, 0.25) is 0 Å². The number of hydrogen-bond donors (Lipinski definition) is 0. The fourth-order valence-corrected chi connectivity index (χ4v) is 5.22. The highest BCUT2D eigenvalue weighted by Gasteiger charge is 2.32. The largest absolute Gasteiger partial charge is 0.416 e. The number of nitrogens with zero attached hydrogens (tertiary/aromatic N) is 3. The molecule has 1 heterocycles. The third-order valence-corrected chi connectivity index (χ3v) is 6.79. The minimum atomic E-state index is -4.44. The van der Waals surface area contributed by atoms with E-state index in [9.17, 15) is 18.0 Å². The summed E-state index contributed by atoms with van der Waals surface area (Å²) in [5.41, 5.74) is 3.90. The Hall–Kier alpha value is -2.83. The van der Waals surface area contributed by atoms with Crippen LogP contribution in [0.15, 0.2) is 30.3 Å². The molecule has 0 saturated carbocycles. The Morgan fingerprint density at radius 2 is 1.58 bits per heavy atom. The van der Waals surface area contributed by atoms with E-state index >= 15 is 0 Å². The molecule has 196 valence electrons. The van der Waals surface area contributed by atoms with Crippen LogP contribution in [0, 0.1) is 20.8 Å². The van der Waals surface area contributed by atoms with Gasteiger partial charge in [0.05, 0.1) is 23.1 Å². The average Bonchev–Trinajstić information content (AvgIpc) is 3.12. The van der Waals surface area contributed by atoms with Gasteiger partial charge in [-0.05, 0) is 76.8 Å². The highest BCUT2D eigenvalue weighted by atomic mass is 19.4. The van der Waals surface area contributed by atoms with Gasteiger partial charge in [-0.1, -0.05) is 44.4 Å². The SMILES string of the molecule is CCCC(CCC)n1c(CN(C(=O)c2c(C)cc(C)cc2C)C(C)C)nc2cc(C(F)(F)F)ccc21. The van der Waals surface area contributed by atoms with E-state index in [1.54, 1.807) is 4.90 Å². The van der Waals surface area contributed by atoms with Crippen LogP contribution in [0.5, 0.6) is 0 Å². The van der Waals surface area contributed by atoms with Crippen molar-refractivity contribution in [1.29, 1.82) is 0 Å². The molecule has 0 bridgehead atoms. The molecule has 36 heavy (non-hydrogen) atoms. The maximum atomic E-state index is 13.8. The molecule has 3 aromatic rings. The molecule has 7 heteroatoms. The van der Waals surface area contributed by atoms with Crippen molar-refractivity contribution in [3.63, 3.8) is 0 Å². The zero-order valence-electron chi connectivity index (χ0n) is 22.5. The predicted molar refractivity (Wildman–Crippen MR) is 139 cm³/mol. The summed E-state index contributed by atoms with van der Waals surface area (Å²) < 4.78 is 42.4. The molecule has 0 spiro atoms. The van der Waals surface area contributed by atoms with Crippen LogP contribution in [0.1, 0.15) is 97.9 Å². The molecule has 0 N–H and O–H groups in total. The van der Waals surface area contributed by atoms with Crippen LogP contribution >= 0.6 is 0 Å². The van der Waals surface area contributed by atoms with Gasteiger partial charge in [0, 0.05) is 17.6 Å². The number of fused-ring (bicyclic) bond motifs is 1. The summed E-state index contributed by atoms with van der Waals surface area (Å²) in [5.74, 6) is 0.540. The Kier molecular flexibility index (Phi) is 8.52. The van der Waals surface area contributed by atoms with Crippen LogP contribution < -0.4 is 0 Å². The fraction of sp³-hybridized carbons (Fsp3) is 0.517. The van der Waals surface area contributed by atoms with Crippen LogP contribution in [0.25, 0.3) is 11.0 Å². The number of rotatable bonds is 9. The molecular formula is C29H38F3N3O. The van der Waals surface area contributed by atoms with Crippen LogP contribution in [0.4, 0.5) is 13.2 Å². The van der Waals surface area contributed by atoms with Gasteiger partial charge in [-0.15, -0.1) is 0 Å². The number of aryl methyl sites for hydroxylation is 3. The summed E-state index contributed by atoms with van der Waals surface area (Å²) in [5, 5.41) is 0. The second-order valence-corrected chi connectivity index (χ2v) is 10.1. The number of hydrogen-bond acceptors (Lipinski definition) is 2. The van der Waals surface area contributed by atoms with Gasteiger partial charge in [0.2, 0.25) is 0 Å². The highest BCUT2D eigenvalue weighted by Crippen LogP contribution is 2.34. The van der Waals surface area contributed by atoms with E-state index in [2.05, 4.69) is 18.4 Å². The molecule has 1 aromatic heterocycles. The molecule has 0 aliphatic heterocycles. The van der Waals surface area contributed by atoms with Gasteiger partial charge in [0.1, 0.15) is 5.82 Å². The Morgan fingerprint density at radius 3 is 2.08 bits per heavy atom. The third-order valence-electron chi connectivity index (χ3n) is 6.79. The minimum absolute atomic E-state index is 0.0860. The summed E-state index contributed by atoms with van der Waals surface area (Å²) in [4.78, 5) is 20.3. The first kappa shape index (κ1) is 27.8. The zero-order chi connectivity index (χ0) is 26.8. The quantitative estimate of drug-likeness (QED) is 0.297. The molecule has 0 unspecified atom stereocenters. The second-order valence-electron chi connectivity index (χ2n) is 10.1. The first-order chi connectivity index (χ1) is 16.9. The Labute approximate surface area is 212 Å².